The number of aryl methyl sites for hydroxylation is 2. The number of hydrogen-bond acceptors (Lipinski definition) is 4. The number of nitrogens with zero attached hydrogens (tertiary/aromatic N) is 1. The molecule has 2 aromatic rings. The Labute approximate surface area is 110 Å². The summed E-state index contributed by atoms with van der Waals surface area (Å²) in [5.41, 5.74) is 9.20. The Bertz CT molecular complexity index is 633. The molecule has 5 heteroatoms. The third kappa shape index (κ3) is 2.19. The number of carbonyl (C=O) groups excluding carboxylic acids is 1. The number of nitrogens with two attached hydrogens (primary N) is 1. The third-order valence-corrected chi connectivity index (χ3v) is 3.41. The van der Waals surface area contributed by atoms with E-state index in [1.54, 1.807) is 13.0 Å². The number of nitrogens with one attached hydrogen (secondary N) is 1. The van der Waals surface area contributed by atoms with Crippen LogP contribution in [0.3, 0.4) is 0 Å². The number of benzene rings is 1. The highest BCUT2D eigenvalue weighted by atomic mass is 16.5. The highest BCUT2D eigenvalue weighted by molar-refractivity contribution is 5.92. The van der Waals surface area contributed by atoms with Crippen molar-refractivity contribution in [1.29, 1.82) is 0 Å². The molecule has 1 unspecified atom stereocenters. The first-order chi connectivity index (χ1) is 9.13. The smallest absolute Gasteiger partial charge is 0.273 e. The lowest BCUT2D eigenvalue weighted by Crippen LogP contribution is -2.27. The van der Waals surface area contributed by atoms with Crippen LogP contribution < -0.4 is 11.1 Å². The van der Waals surface area contributed by atoms with Crippen LogP contribution in [0.25, 0.3) is 0 Å². The fourth-order valence-corrected chi connectivity index (χ4v) is 2.49. The molecule has 3 rings (SSSR count). The van der Waals surface area contributed by atoms with Crippen LogP contribution >= 0.6 is 0 Å². The molecule has 0 spiro atoms. The summed E-state index contributed by atoms with van der Waals surface area (Å²) in [4.78, 5) is 12.0. The second kappa shape index (κ2) is 4.42. The minimum absolute atomic E-state index is 0.0279. The fourth-order valence-electron chi connectivity index (χ4n) is 2.49. The van der Waals surface area contributed by atoms with E-state index in [-0.39, 0.29) is 11.9 Å². The third-order valence-electron chi connectivity index (χ3n) is 3.41. The number of rotatable bonds is 2. The van der Waals surface area contributed by atoms with Crippen molar-refractivity contribution in [2.45, 2.75) is 25.8 Å². The maximum atomic E-state index is 12.0. The average Bonchev–Trinajstić information content (AvgIpc) is 2.96. The molecule has 1 aromatic carbocycles. The molecule has 1 atom stereocenters. The van der Waals surface area contributed by atoms with E-state index in [0.717, 1.165) is 24.1 Å². The van der Waals surface area contributed by atoms with Gasteiger partial charge in [-0.15, -0.1) is 0 Å². The summed E-state index contributed by atoms with van der Waals surface area (Å²) in [5, 5.41) is 6.70. The molecule has 1 heterocycles. The first-order valence-corrected chi connectivity index (χ1v) is 6.26. The highest BCUT2D eigenvalue weighted by Gasteiger charge is 2.25. The lowest BCUT2D eigenvalue weighted by molar-refractivity contribution is 0.0927. The van der Waals surface area contributed by atoms with E-state index in [2.05, 4.69) is 10.5 Å². The molecule has 0 saturated heterocycles. The largest absolute Gasteiger partial charge is 0.399 e. The van der Waals surface area contributed by atoms with Crippen molar-refractivity contribution in [1.82, 2.24) is 10.5 Å². The summed E-state index contributed by atoms with van der Waals surface area (Å²) in [6.07, 6.45) is 1.82. The van der Waals surface area contributed by atoms with Crippen LogP contribution in [-0.4, -0.2) is 11.1 Å². The summed E-state index contributed by atoms with van der Waals surface area (Å²) < 4.78 is 4.91. The molecule has 3 N–H and O–H groups in total. The second-order valence-corrected chi connectivity index (χ2v) is 4.85. The Hall–Kier alpha value is -2.30. The predicted molar refractivity (Wildman–Crippen MR) is 70.6 cm³/mol. The van der Waals surface area contributed by atoms with Crippen molar-refractivity contribution in [3.05, 3.63) is 46.8 Å². The van der Waals surface area contributed by atoms with Crippen LogP contribution in [-0.2, 0) is 6.42 Å². The van der Waals surface area contributed by atoms with Gasteiger partial charge in [0.25, 0.3) is 5.91 Å². The van der Waals surface area contributed by atoms with Gasteiger partial charge in [-0.25, -0.2) is 0 Å². The lowest BCUT2D eigenvalue weighted by atomic mass is 10.1. The molecule has 0 saturated carbocycles. The molecule has 5 nitrogen and oxygen atoms in total. The topological polar surface area (TPSA) is 81.2 Å². The van der Waals surface area contributed by atoms with E-state index < -0.39 is 0 Å². The summed E-state index contributed by atoms with van der Waals surface area (Å²) in [6.45, 7) is 1.76. The first-order valence-electron chi connectivity index (χ1n) is 6.26. The van der Waals surface area contributed by atoms with Gasteiger partial charge in [0.2, 0.25) is 0 Å². The lowest BCUT2D eigenvalue weighted by Gasteiger charge is -2.13. The van der Waals surface area contributed by atoms with Gasteiger partial charge in [-0.1, -0.05) is 11.2 Å². The van der Waals surface area contributed by atoms with Crippen LogP contribution in [0.5, 0.6) is 0 Å². The zero-order chi connectivity index (χ0) is 13.4. The summed E-state index contributed by atoms with van der Waals surface area (Å²) >= 11 is 0. The number of anilines is 1. The van der Waals surface area contributed by atoms with Gasteiger partial charge in [-0.05, 0) is 43.0 Å². The summed E-state index contributed by atoms with van der Waals surface area (Å²) in [6, 6.07) is 7.48. The average molecular weight is 257 g/mol. The molecule has 0 fully saturated rings. The van der Waals surface area contributed by atoms with Gasteiger partial charge >= 0.3 is 0 Å². The van der Waals surface area contributed by atoms with Crippen molar-refractivity contribution in [3.8, 4) is 0 Å². The van der Waals surface area contributed by atoms with Gasteiger partial charge in [0.1, 0.15) is 5.76 Å². The van der Waals surface area contributed by atoms with Crippen LogP contribution in [0.1, 0.15) is 39.8 Å². The normalized spacial score (nSPS) is 17.2. The van der Waals surface area contributed by atoms with Gasteiger partial charge in [0.15, 0.2) is 5.69 Å². The molecule has 0 bridgehead atoms. The van der Waals surface area contributed by atoms with E-state index >= 15 is 0 Å². The number of nitrogen functional groups attached to an aromatic ring is 1. The summed E-state index contributed by atoms with van der Waals surface area (Å²) in [5.74, 6) is 0.427. The standard InChI is InChI=1S/C14H15N3O2/c1-8-6-13(17-19-8)14(18)16-12-5-2-9-7-10(15)3-4-11(9)12/h3-4,6-7,12H,2,5,15H2,1H3,(H,16,18). The van der Waals surface area contributed by atoms with Gasteiger partial charge in [-0.3, -0.25) is 4.79 Å². The molecular formula is C14H15N3O2. The maximum absolute atomic E-state index is 12.0. The predicted octanol–water partition coefficient (Wildman–Crippen LogP) is 1.98. The van der Waals surface area contributed by atoms with E-state index in [1.807, 2.05) is 18.2 Å². The Morgan fingerprint density at radius 2 is 2.32 bits per heavy atom. The van der Waals surface area contributed by atoms with E-state index in [0.29, 0.717) is 11.5 Å². The monoisotopic (exact) mass is 257 g/mol. The first kappa shape index (κ1) is 11.8. The van der Waals surface area contributed by atoms with Crippen LogP contribution in [0.2, 0.25) is 0 Å². The summed E-state index contributed by atoms with van der Waals surface area (Å²) in [7, 11) is 0. The fraction of sp³-hybridized carbons (Fsp3) is 0.286. The Morgan fingerprint density at radius 3 is 3.05 bits per heavy atom. The number of amides is 1. The minimum atomic E-state index is -0.202. The minimum Gasteiger partial charge on any atom is -0.399 e. The Morgan fingerprint density at radius 1 is 1.47 bits per heavy atom. The number of hydrogen-bond donors (Lipinski definition) is 2. The zero-order valence-corrected chi connectivity index (χ0v) is 10.6. The van der Waals surface area contributed by atoms with Crippen molar-refractivity contribution < 1.29 is 9.32 Å². The number of carbonyl (C=O) groups is 1. The number of aromatic nitrogens is 1. The van der Waals surface area contributed by atoms with Crippen LogP contribution in [0.4, 0.5) is 5.69 Å². The number of fused-ring (bicyclic) bond motifs is 1. The van der Waals surface area contributed by atoms with Gasteiger partial charge in [0.05, 0.1) is 6.04 Å². The molecule has 98 valence electrons. The zero-order valence-electron chi connectivity index (χ0n) is 10.6. The highest BCUT2D eigenvalue weighted by Crippen LogP contribution is 2.32. The van der Waals surface area contributed by atoms with E-state index in [9.17, 15) is 4.79 Å². The van der Waals surface area contributed by atoms with Gasteiger partial charge < -0.3 is 15.6 Å². The quantitative estimate of drug-likeness (QED) is 0.806. The van der Waals surface area contributed by atoms with Gasteiger partial charge in [0, 0.05) is 11.8 Å². The Kier molecular flexibility index (Phi) is 2.74. The SMILES string of the molecule is Cc1cc(C(=O)NC2CCc3cc(N)ccc32)no1. The van der Waals surface area contributed by atoms with Crippen molar-refractivity contribution in [3.63, 3.8) is 0 Å². The molecule has 0 aliphatic heterocycles. The molecule has 19 heavy (non-hydrogen) atoms. The van der Waals surface area contributed by atoms with Crippen LogP contribution in [0, 0.1) is 6.92 Å². The maximum Gasteiger partial charge on any atom is 0.273 e. The van der Waals surface area contributed by atoms with Gasteiger partial charge in [-0.2, -0.15) is 0 Å². The molecule has 1 aromatic heterocycles. The van der Waals surface area contributed by atoms with E-state index in [4.69, 9.17) is 10.3 Å². The molecule has 1 aliphatic carbocycles. The van der Waals surface area contributed by atoms with Crippen molar-refractivity contribution in [2.75, 3.05) is 5.73 Å². The van der Waals surface area contributed by atoms with Crippen molar-refractivity contribution >= 4 is 11.6 Å². The van der Waals surface area contributed by atoms with Crippen LogP contribution in [0.15, 0.2) is 28.8 Å². The molecular weight excluding hydrogens is 242 g/mol. The Balaban J connectivity index is 1.78. The molecule has 0 radical (unpaired) electrons. The molecule has 1 amide bonds. The van der Waals surface area contributed by atoms with E-state index in [1.165, 1.54) is 5.56 Å². The molecule has 1 aliphatic rings. The second-order valence-electron chi connectivity index (χ2n) is 4.85. The van der Waals surface area contributed by atoms with Crippen molar-refractivity contribution in [2.24, 2.45) is 0 Å².